The van der Waals surface area contributed by atoms with Crippen molar-refractivity contribution in [2.45, 2.75) is 19.9 Å². The van der Waals surface area contributed by atoms with Gasteiger partial charge >= 0.3 is 12.0 Å². The minimum Gasteiger partial charge on any atom is -0.497 e. The summed E-state index contributed by atoms with van der Waals surface area (Å²) in [7, 11) is 1.55. The van der Waals surface area contributed by atoms with Gasteiger partial charge in [-0.05, 0) is 61.0 Å². The van der Waals surface area contributed by atoms with Gasteiger partial charge in [-0.15, -0.1) is 0 Å². The lowest BCUT2D eigenvalue weighted by molar-refractivity contribution is -0.137. The first-order chi connectivity index (χ1) is 18.4. The van der Waals surface area contributed by atoms with Crippen LogP contribution in [0.1, 0.15) is 17.0 Å². The summed E-state index contributed by atoms with van der Waals surface area (Å²) in [5.41, 5.74) is 3.00. The molecule has 9 heteroatoms. The molecule has 4 rings (SSSR count). The van der Waals surface area contributed by atoms with Crippen molar-refractivity contribution in [2.24, 2.45) is 0 Å². The van der Waals surface area contributed by atoms with Crippen LogP contribution < -0.4 is 14.8 Å². The number of carbonyl (C=O) groups excluding carboxylic acids is 1. The molecule has 0 bridgehead atoms. The van der Waals surface area contributed by atoms with Gasteiger partial charge < -0.3 is 29.2 Å². The quantitative estimate of drug-likeness (QED) is 0.275. The first-order valence-corrected chi connectivity index (χ1v) is 12.1. The van der Waals surface area contributed by atoms with E-state index in [9.17, 15) is 14.7 Å². The molecule has 0 saturated heterocycles. The van der Waals surface area contributed by atoms with Crippen molar-refractivity contribution in [2.75, 3.05) is 25.6 Å². The van der Waals surface area contributed by atoms with Gasteiger partial charge in [-0.2, -0.15) is 0 Å². The average molecular weight is 516 g/mol. The van der Waals surface area contributed by atoms with E-state index in [4.69, 9.17) is 13.9 Å². The Morgan fingerprint density at radius 2 is 1.76 bits per heavy atom. The van der Waals surface area contributed by atoms with Crippen molar-refractivity contribution in [1.82, 2.24) is 9.88 Å². The van der Waals surface area contributed by atoms with Crippen molar-refractivity contribution in [3.05, 3.63) is 95.9 Å². The van der Waals surface area contributed by atoms with Gasteiger partial charge in [0.05, 0.1) is 19.4 Å². The second-order valence-electron chi connectivity index (χ2n) is 8.54. The molecule has 38 heavy (non-hydrogen) atoms. The molecular formula is C29H29N3O6. The molecule has 0 aliphatic rings. The Morgan fingerprint density at radius 1 is 1.00 bits per heavy atom. The zero-order chi connectivity index (χ0) is 26.9. The van der Waals surface area contributed by atoms with Crippen molar-refractivity contribution in [3.63, 3.8) is 0 Å². The molecule has 196 valence electrons. The van der Waals surface area contributed by atoms with Crippen molar-refractivity contribution in [1.29, 1.82) is 0 Å². The van der Waals surface area contributed by atoms with Gasteiger partial charge in [0.15, 0.2) is 0 Å². The number of carbonyl (C=O) groups is 2. The van der Waals surface area contributed by atoms with Crippen LogP contribution in [0.4, 0.5) is 10.5 Å². The molecule has 0 unspecified atom stereocenters. The zero-order valence-corrected chi connectivity index (χ0v) is 21.2. The van der Waals surface area contributed by atoms with Gasteiger partial charge in [-0.25, -0.2) is 9.78 Å². The third-order valence-corrected chi connectivity index (χ3v) is 5.75. The number of hydrogen-bond donors (Lipinski definition) is 2. The van der Waals surface area contributed by atoms with Crippen LogP contribution in [-0.2, 0) is 17.8 Å². The molecule has 0 saturated carbocycles. The number of carboxylic acids is 1. The Morgan fingerprint density at radius 3 is 2.47 bits per heavy atom. The maximum atomic E-state index is 12.8. The number of rotatable bonds is 11. The van der Waals surface area contributed by atoms with Crippen molar-refractivity contribution >= 4 is 17.7 Å². The van der Waals surface area contributed by atoms with Crippen LogP contribution in [0.25, 0.3) is 11.5 Å². The lowest BCUT2D eigenvalue weighted by atomic mass is 10.2. The summed E-state index contributed by atoms with van der Waals surface area (Å²) in [5, 5.41) is 12.1. The first-order valence-electron chi connectivity index (χ1n) is 12.1. The average Bonchev–Trinajstić information content (AvgIpc) is 3.29. The Kier molecular flexibility index (Phi) is 8.61. The minimum atomic E-state index is -1.11. The number of carboxylic acid groups (broad SMARTS) is 1. The highest BCUT2D eigenvalue weighted by Gasteiger charge is 2.18. The molecule has 0 aliphatic carbocycles. The van der Waals surface area contributed by atoms with Crippen molar-refractivity contribution in [3.8, 4) is 23.0 Å². The molecule has 1 aromatic heterocycles. The number of benzene rings is 3. The molecule has 2 amide bonds. The predicted molar refractivity (Wildman–Crippen MR) is 142 cm³/mol. The molecule has 0 fully saturated rings. The summed E-state index contributed by atoms with van der Waals surface area (Å²) in [6.07, 6.45) is 0.557. The number of amides is 2. The maximum absolute atomic E-state index is 12.8. The van der Waals surface area contributed by atoms with Crippen LogP contribution in [0.5, 0.6) is 11.5 Å². The van der Waals surface area contributed by atoms with E-state index >= 15 is 0 Å². The van der Waals surface area contributed by atoms with Crippen LogP contribution in [0.2, 0.25) is 0 Å². The molecule has 0 radical (unpaired) electrons. The van der Waals surface area contributed by atoms with Crippen LogP contribution in [-0.4, -0.2) is 47.3 Å². The molecule has 0 aliphatic heterocycles. The van der Waals surface area contributed by atoms with Gasteiger partial charge in [0.1, 0.15) is 23.8 Å². The number of ether oxygens (including phenoxy) is 2. The van der Waals surface area contributed by atoms with Gasteiger partial charge in [-0.3, -0.25) is 4.79 Å². The molecular weight excluding hydrogens is 486 g/mol. The van der Waals surface area contributed by atoms with E-state index in [0.29, 0.717) is 36.1 Å². The number of methoxy groups -OCH3 is 1. The number of nitrogens with one attached hydrogen (secondary N) is 1. The number of aryl methyl sites for hydroxylation is 1. The Bertz CT molecular complexity index is 1370. The van der Waals surface area contributed by atoms with Gasteiger partial charge in [0.2, 0.25) is 5.89 Å². The number of aromatic nitrogens is 1. The van der Waals surface area contributed by atoms with Gasteiger partial charge in [0.25, 0.3) is 0 Å². The van der Waals surface area contributed by atoms with E-state index in [1.807, 2.05) is 49.4 Å². The highest BCUT2D eigenvalue weighted by molar-refractivity contribution is 5.91. The number of anilines is 1. The van der Waals surface area contributed by atoms with E-state index in [1.165, 1.54) is 4.90 Å². The van der Waals surface area contributed by atoms with Crippen LogP contribution in [0.3, 0.4) is 0 Å². The molecule has 1 heterocycles. The molecule has 9 nitrogen and oxygen atoms in total. The van der Waals surface area contributed by atoms with E-state index in [0.717, 1.165) is 22.6 Å². The topological polar surface area (TPSA) is 114 Å². The maximum Gasteiger partial charge on any atom is 0.323 e. The summed E-state index contributed by atoms with van der Waals surface area (Å²) in [6, 6.07) is 23.2. The van der Waals surface area contributed by atoms with Crippen LogP contribution >= 0.6 is 0 Å². The SMILES string of the molecule is COc1ccc(NC(=O)N(CC(=O)O)Cc2cccc(OCCc3nc(-c4ccccc4)oc3C)c2)cc1. The van der Waals surface area contributed by atoms with Gasteiger partial charge in [0, 0.05) is 24.2 Å². The van der Waals surface area contributed by atoms with Gasteiger partial charge in [-0.1, -0.05) is 30.3 Å². The fraction of sp³-hybridized carbons (Fsp3) is 0.207. The Hall–Kier alpha value is -4.79. The van der Waals surface area contributed by atoms with E-state index in [2.05, 4.69) is 10.3 Å². The van der Waals surface area contributed by atoms with E-state index < -0.39 is 18.5 Å². The number of urea groups is 1. The standard InChI is InChI=1S/C29H29N3O6/c1-20-26(31-28(38-20)22-8-4-3-5-9-22)15-16-37-25-10-6-7-21(17-25)18-32(19-27(33)34)29(35)30-23-11-13-24(36-2)14-12-23/h3-14,17H,15-16,18-19H2,1-2H3,(H,30,35)(H,33,34). The highest BCUT2D eigenvalue weighted by Crippen LogP contribution is 2.22. The lowest BCUT2D eigenvalue weighted by Gasteiger charge is -2.22. The first kappa shape index (κ1) is 26.3. The highest BCUT2D eigenvalue weighted by atomic mass is 16.5. The molecule has 0 atom stereocenters. The predicted octanol–water partition coefficient (Wildman–Crippen LogP) is 5.40. The molecule has 2 N–H and O–H groups in total. The number of hydrogen-bond acceptors (Lipinski definition) is 6. The van der Waals surface area contributed by atoms with Crippen LogP contribution in [0, 0.1) is 6.92 Å². The molecule has 0 spiro atoms. The summed E-state index contributed by atoms with van der Waals surface area (Å²) in [4.78, 5) is 30.1. The Labute approximate surface area is 220 Å². The Balaban J connectivity index is 1.36. The summed E-state index contributed by atoms with van der Waals surface area (Å²) in [6.45, 7) is 1.89. The van der Waals surface area contributed by atoms with Crippen LogP contribution in [0.15, 0.2) is 83.3 Å². The third kappa shape index (κ3) is 7.13. The fourth-order valence-electron chi connectivity index (χ4n) is 3.82. The monoisotopic (exact) mass is 515 g/mol. The van der Waals surface area contributed by atoms with E-state index in [-0.39, 0.29) is 6.54 Å². The second kappa shape index (κ2) is 12.4. The second-order valence-corrected chi connectivity index (χ2v) is 8.54. The normalized spacial score (nSPS) is 10.6. The van der Waals surface area contributed by atoms with E-state index in [1.54, 1.807) is 43.5 Å². The number of nitrogens with zero attached hydrogens (tertiary/aromatic N) is 2. The lowest BCUT2D eigenvalue weighted by Crippen LogP contribution is -2.38. The van der Waals surface area contributed by atoms with Crippen molar-refractivity contribution < 1.29 is 28.6 Å². The summed E-state index contributed by atoms with van der Waals surface area (Å²) >= 11 is 0. The summed E-state index contributed by atoms with van der Waals surface area (Å²) < 4.78 is 16.9. The third-order valence-electron chi connectivity index (χ3n) is 5.75. The molecule has 4 aromatic rings. The fourth-order valence-corrected chi connectivity index (χ4v) is 3.82. The number of aliphatic carboxylic acids is 1. The minimum absolute atomic E-state index is 0.0916. The smallest absolute Gasteiger partial charge is 0.323 e. The zero-order valence-electron chi connectivity index (χ0n) is 21.2. The summed E-state index contributed by atoms with van der Waals surface area (Å²) in [5.74, 6) is 1.47. The largest absolute Gasteiger partial charge is 0.497 e. The number of oxazole rings is 1. The molecule has 3 aromatic carbocycles.